The molecule has 9 heavy (non-hydrogen) atoms. The highest BCUT2D eigenvalue weighted by Gasteiger charge is 2.36. The first-order chi connectivity index (χ1) is 4.36. The number of ketones is 1. The Kier molecular flexibility index (Phi) is 1.09. The second kappa shape index (κ2) is 1.81. The summed E-state index contributed by atoms with van der Waals surface area (Å²) in [5.74, 6) is 0.994. The van der Waals surface area contributed by atoms with Gasteiger partial charge in [-0.3, -0.25) is 4.79 Å². The van der Waals surface area contributed by atoms with E-state index in [1.807, 2.05) is 0 Å². The third-order valence-electron chi connectivity index (χ3n) is 2.24. The van der Waals surface area contributed by atoms with Crippen molar-refractivity contribution in [3.63, 3.8) is 0 Å². The van der Waals surface area contributed by atoms with E-state index in [2.05, 4.69) is 0 Å². The summed E-state index contributed by atoms with van der Waals surface area (Å²) in [7, 11) is 0. The van der Waals surface area contributed by atoms with E-state index in [1.165, 1.54) is 0 Å². The van der Waals surface area contributed by atoms with Crippen LogP contribution in [0.15, 0.2) is 0 Å². The monoisotopic (exact) mass is 126 g/mol. The van der Waals surface area contributed by atoms with Crippen LogP contribution < -0.4 is 0 Å². The molecule has 1 aliphatic carbocycles. The van der Waals surface area contributed by atoms with Crippen molar-refractivity contribution in [2.75, 3.05) is 6.61 Å². The molecule has 2 aliphatic rings. The average molecular weight is 126 g/mol. The number of fused-ring (bicyclic) bond motifs is 2. The van der Waals surface area contributed by atoms with Crippen LogP contribution in [0.3, 0.4) is 0 Å². The number of rotatable bonds is 0. The van der Waals surface area contributed by atoms with Crippen LogP contribution in [0.2, 0.25) is 0 Å². The van der Waals surface area contributed by atoms with Gasteiger partial charge in [0, 0.05) is 13.0 Å². The summed E-state index contributed by atoms with van der Waals surface area (Å²) in [6.45, 7) is 0.807. The fraction of sp³-hybridized carbons (Fsp3) is 0.857. The summed E-state index contributed by atoms with van der Waals surface area (Å²) in [6.07, 6.45) is 2.87. The lowest BCUT2D eigenvalue weighted by Crippen LogP contribution is -2.20. The quantitative estimate of drug-likeness (QED) is 0.479. The molecule has 1 saturated carbocycles. The molecule has 2 bridgehead atoms. The van der Waals surface area contributed by atoms with Crippen molar-refractivity contribution in [3.05, 3.63) is 0 Å². The van der Waals surface area contributed by atoms with Gasteiger partial charge in [-0.25, -0.2) is 0 Å². The van der Waals surface area contributed by atoms with Crippen LogP contribution in [0, 0.1) is 5.92 Å². The molecule has 2 atom stereocenters. The van der Waals surface area contributed by atoms with Crippen LogP contribution in [0.4, 0.5) is 0 Å². The Labute approximate surface area is 54.2 Å². The third-order valence-corrected chi connectivity index (χ3v) is 2.24. The van der Waals surface area contributed by atoms with Crippen molar-refractivity contribution in [2.45, 2.75) is 25.4 Å². The van der Waals surface area contributed by atoms with E-state index >= 15 is 0 Å². The minimum atomic E-state index is -0.0104. The second-order valence-corrected chi connectivity index (χ2v) is 2.92. The van der Waals surface area contributed by atoms with Crippen LogP contribution >= 0.6 is 0 Å². The molecule has 2 nitrogen and oxygen atoms in total. The zero-order chi connectivity index (χ0) is 6.27. The predicted octanol–water partition coefficient (Wildman–Crippen LogP) is 0.754. The van der Waals surface area contributed by atoms with Gasteiger partial charge in [0.2, 0.25) is 0 Å². The van der Waals surface area contributed by atoms with E-state index in [0.29, 0.717) is 11.7 Å². The zero-order valence-corrected chi connectivity index (χ0v) is 5.30. The van der Waals surface area contributed by atoms with Crippen LogP contribution in [-0.4, -0.2) is 18.5 Å². The van der Waals surface area contributed by atoms with E-state index in [-0.39, 0.29) is 6.10 Å². The highest BCUT2D eigenvalue weighted by atomic mass is 16.5. The predicted molar refractivity (Wildman–Crippen MR) is 32.1 cm³/mol. The highest BCUT2D eigenvalue weighted by Crippen LogP contribution is 2.31. The van der Waals surface area contributed by atoms with Crippen LogP contribution in [0.1, 0.15) is 19.3 Å². The van der Waals surface area contributed by atoms with Crippen molar-refractivity contribution in [1.29, 1.82) is 0 Å². The molecular weight excluding hydrogens is 116 g/mol. The second-order valence-electron chi connectivity index (χ2n) is 2.92. The number of Topliss-reactive ketones (excluding diaryl/α,β-unsaturated/α-hetero) is 1. The summed E-state index contributed by atoms with van der Waals surface area (Å²) in [4.78, 5) is 10.9. The van der Waals surface area contributed by atoms with Crippen molar-refractivity contribution in [3.8, 4) is 0 Å². The van der Waals surface area contributed by atoms with Gasteiger partial charge in [-0.2, -0.15) is 0 Å². The van der Waals surface area contributed by atoms with Gasteiger partial charge in [0.25, 0.3) is 0 Å². The van der Waals surface area contributed by atoms with Gasteiger partial charge >= 0.3 is 0 Å². The van der Waals surface area contributed by atoms with Crippen LogP contribution in [0.5, 0.6) is 0 Å². The molecule has 0 spiro atoms. The lowest BCUT2D eigenvalue weighted by atomic mass is 10.0. The SMILES string of the molecule is O=C1CC2CCOC1C2. The van der Waals surface area contributed by atoms with E-state index in [0.717, 1.165) is 25.9 Å². The fourth-order valence-corrected chi connectivity index (χ4v) is 1.69. The summed E-state index contributed by atoms with van der Waals surface area (Å²) in [5, 5.41) is 0. The summed E-state index contributed by atoms with van der Waals surface area (Å²) < 4.78 is 5.23. The standard InChI is InChI=1S/C7H10O2/c8-6-3-5-1-2-9-7(6)4-5/h5,7H,1-4H2. The lowest BCUT2D eigenvalue weighted by molar-refractivity contribution is -0.127. The van der Waals surface area contributed by atoms with E-state index in [4.69, 9.17) is 4.74 Å². The molecule has 2 fully saturated rings. The number of carbonyl (C=O) groups is 1. The molecule has 0 radical (unpaired) electrons. The fourth-order valence-electron chi connectivity index (χ4n) is 1.69. The Hall–Kier alpha value is -0.370. The third kappa shape index (κ3) is 0.778. The number of ether oxygens (including phenoxy) is 1. The molecular formula is C7H10O2. The molecule has 0 aromatic heterocycles. The lowest BCUT2D eigenvalue weighted by Gasteiger charge is -2.16. The van der Waals surface area contributed by atoms with Gasteiger partial charge in [0.15, 0.2) is 5.78 Å². The van der Waals surface area contributed by atoms with E-state index in [1.54, 1.807) is 0 Å². The largest absolute Gasteiger partial charge is 0.370 e. The van der Waals surface area contributed by atoms with Gasteiger partial charge in [-0.05, 0) is 18.8 Å². The average Bonchev–Trinajstić information content (AvgIpc) is 2.09. The highest BCUT2D eigenvalue weighted by molar-refractivity contribution is 5.85. The molecule has 0 aromatic carbocycles. The van der Waals surface area contributed by atoms with E-state index in [9.17, 15) is 4.79 Å². The Balaban J connectivity index is 2.15. The minimum Gasteiger partial charge on any atom is -0.370 e. The van der Waals surface area contributed by atoms with Crippen molar-refractivity contribution in [2.24, 2.45) is 5.92 Å². The first-order valence-electron chi connectivity index (χ1n) is 3.50. The summed E-state index contributed by atoms with van der Waals surface area (Å²) in [5.41, 5.74) is 0. The number of hydrogen-bond acceptors (Lipinski definition) is 2. The first-order valence-corrected chi connectivity index (χ1v) is 3.50. The topological polar surface area (TPSA) is 26.3 Å². The first kappa shape index (κ1) is 5.42. The van der Waals surface area contributed by atoms with Gasteiger partial charge in [-0.15, -0.1) is 0 Å². The molecule has 1 heterocycles. The molecule has 0 N–H and O–H groups in total. The van der Waals surface area contributed by atoms with Crippen molar-refractivity contribution in [1.82, 2.24) is 0 Å². The van der Waals surface area contributed by atoms with Gasteiger partial charge in [-0.1, -0.05) is 0 Å². The number of carbonyl (C=O) groups excluding carboxylic acids is 1. The molecule has 2 rings (SSSR count). The maximum Gasteiger partial charge on any atom is 0.161 e. The molecule has 50 valence electrons. The normalized spacial score (nSPS) is 41.6. The molecule has 1 aliphatic heterocycles. The minimum absolute atomic E-state index is 0.0104. The Morgan fingerprint density at radius 2 is 2.44 bits per heavy atom. The summed E-state index contributed by atoms with van der Waals surface area (Å²) in [6, 6.07) is 0. The smallest absolute Gasteiger partial charge is 0.161 e. The molecule has 0 amide bonds. The molecule has 1 saturated heterocycles. The number of hydrogen-bond donors (Lipinski definition) is 0. The van der Waals surface area contributed by atoms with Crippen molar-refractivity contribution >= 4 is 5.78 Å². The zero-order valence-electron chi connectivity index (χ0n) is 5.30. The van der Waals surface area contributed by atoms with E-state index < -0.39 is 0 Å². The Bertz CT molecular complexity index is 142. The molecule has 0 aromatic rings. The maximum absolute atomic E-state index is 10.9. The van der Waals surface area contributed by atoms with Crippen molar-refractivity contribution < 1.29 is 9.53 Å². The van der Waals surface area contributed by atoms with Gasteiger partial charge in [0.05, 0.1) is 0 Å². The maximum atomic E-state index is 10.9. The van der Waals surface area contributed by atoms with Crippen LogP contribution in [0.25, 0.3) is 0 Å². The summed E-state index contributed by atoms with van der Waals surface area (Å²) >= 11 is 0. The Morgan fingerprint density at radius 1 is 1.56 bits per heavy atom. The van der Waals surface area contributed by atoms with Crippen LogP contribution in [-0.2, 0) is 9.53 Å². The molecule has 2 heteroatoms. The Morgan fingerprint density at radius 3 is 3.11 bits per heavy atom. The van der Waals surface area contributed by atoms with Gasteiger partial charge in [0.1, 0.15) is 6.10 Å². The molecule has 2 unspecified atom stereocenters. The van der Waals surface area contributed by atoms with Gasteiger partial charge < -0.3 is 4.74 Å².